The molecule has 1 aliphatic rings. The molecule has 0 bridgehead atoms. The van der Waals surface area contributed by atoms with Crippen molar-refractivity contribution in [2.45, 2.75) is 71.8 Å². The second kappa shape index (κ2) is 6.30. The summed E-state index contributed by atoms with van der Waals surface area (Å²) in [4.78, 5) is 0. The third-order valence-electron chi connectivity index (χ3n) is 5.25. The highest BCUT2D eigenvalue weighted by Crippen LogP contribution is 2.51. The molecule has 5 heteroatoms. The van der Waals surface area contributed by atoms with Crippen LogP contribution in [-0.4, -0.2) is 39.7 Å². The van der Waals surface area contributed by atoms with Crippen LogP contribution in [0.1, 0.15) is 65.6 Å². The van der Waals surface area contributed by atoms with Crippen molar-refractivity contribution in [3.63, 3.8) is 0 Å². The van der Waals surface area contributed by atoms with Gasteiger partial charge in [-0.15, -0.1) is 0 Å². The highest BCUT2D eigenvalue weighted by atomic mass is 16.5. The zero-order valence-electron chi connectivity index (χ0n) is 14.8. The van der Waals surface area contributed by atoms with Gasteiger partial charge >= 0.3 is 0 Å². The van der Waals surface area contributed by atoms with Crippen molar-refractivity contribution in [3.05, 3.63) is 18.0 Å². The molecule has 0 saturated heterocycles. The average Bonchev–Trinajstić information content (AvgIpc) is 2.94. The van der Waals surface area contributed by atoms with E-state index in [1.807, 2.05) is 17.8 Å². The topological polar surface area (TPSA) is 59.3 Å². The van der Waals surface area contributed by atoms with Crippen LogP contribution < -0.4 is 5.32 Å². The predicted octanol–water partition coefficient (Wildman–Crippen LogP) is 2.68. The molecule has 22 heavy (non-hydrogen) atoms. The lowest BCUT2D eigenvalue weighted by Crippen LogP contribution is -2.68. The van der Waals surface area contributed by atoms with Gasteiger partial charge in [-0.05, 0) is 27.7 Å². The molecular formula is C17H31N3O2. The monoisotopic (exact) mass is 309 g/mol. The fourth-order valence-corrected chi connectivity index (χ4v) is 3.06. The van der Waals surface area contributed by atoms with Gasteiger partial charge in [0.1, 0.15) is 0 Å². The second-order valence-corrected chi connectivity index (χ2v) is 7.35. The van der Waals surface area contributed by atoms with E-state index in [0.717, 1.165) is 5.56 Å². The third-order valence-corrected chi connectivity index (χ3v) is 5.25. The summed E-state index contributed by atoms with van der Waals surface area (Å²) in [6, 6.07) is 0.529. The summed E-state index contributed by atoms with van der Waals surface area (Å²) in [5.41, 5.74) is 0.211. The number of hydrogen-bond donors (Lipinski definition) is 2. The Hall–Kier alpha value is -0.910. The molecule has 1 aromatic heterocycles. The Morgan fingerprint density at radius 3 is 2.64 bits per heavy atom. The Morgan fingerprint density at radius 1 is 1.45 bits per heavy atom. The minimum absolute atomic E-state index is 0.142. The third kappa shape index (κ3) is 3.07. The van der Waals surface area contributed by atoms with Crippen molar-refractivity contribution in [2.75, 3.05) is 13.2 Å². The quantitative estimate of drug-likeness (QED) is 0.813. The van der Waals surface area contributed by atoms with Crippen molar-refractivity contribution in [1.29, 1.82) is 0 Å². The summed E-state index contributed by atoms with van der Waals surface area (Å²) in [6.07, 6.45) is 4.81. The number of aromatic nitrogens is 2. The molecular weight excluding hydrogens is 278 g/mol. The number of aliphatic hydroxyl groups is 1. The molecule has 5 nitrogen and oxygen atoms in total. The molecule has 2 N–H and O–H groups in total. The summed E-state index contributed by atoms with van der Waals surface area (Å²) in [5, 5.41) is 18.7. The first kappa shape index (κ1) is 17.4. The van der Waals surface area contributed by atoms with Gasteiger partial charge in [-0.2, -0.15) is 5.10 Å². The molecule has 0 radical (unpaired) electrons. The van der Waals surface area contributed by atoms with Crippen molar-refractivity contribution < 1.29 is 9.84 Å². The number of rotatable bonds is 7. The molecule has 126 valence electrons. The number of ether oxygens (including phenoxy) is 1. The predicted molar refractivity (Wildman–Crippen MR) is 87.8 cm³/mol. The Kier molecular flexibility index (Phi) is 5.00. The first-order valence-corrected chi connectivity index (χ1v) is 8.32. The molecule has 1 fully saturated rings. The minimum atomic E-state index is -0.713. The van der Waals surface area contributed by atoms with Crippen LogP contribution in [0.5, 0.6) is 0 Å². The molecule has 0 unspecified atom stereocenters. The number of hydrogen-bond acceptors (Lipinski definition) is 4. The summed E-state index contributed by atoms with van der Waals surface area (Å²) < 4.78 is 7.67. The van der Waals surface area contributed by atoms with E-state index in [1.54, 1.807) is 0 Å². The van der Waals surface area contributed by atoms with Gasteiger partial charge in [0, 0.05) is 48.8 Å². The molecule has 3 atom stereocenters. The van der Waals surface area contributed by atoms with Gasteiger partial charge in [-0.3, -0.25) is 4.68 Å². The maximum Gasteiger partial charge on any atom is 0.0871 e. The van der Waals surface area contributed by atoms with Crippen molar-refractivity contribution >= 4 is 0 Å². The van der Waals surface area contributed by atoms with Crippen LogP contribution in [0, 0.1) is 5.41 Å². The Balaban J connectivity index is 1.92. The van der Waals surface area contributed by atoms with E-state index in [2.05, 4.69) is 51.2 Å². The molecule has 0 aliphatic heterocycles. The fraction of sp³-hybridized carbons (Fsp3) is 0.824. The summed E-state index contributed by atoms with van der Waals surface area (Å²) >= 11 is 0. The summed E-state index contributed by atoms with van der Waals surface area (Å²) in [5.74, 6) is 0. The van der Waals surface area contributed by atoms with Crippen molar-refractivity contribution in [1.82, 2.24) is 15.1 Å². The van der Waals surface area contributed by atoms with Crippen LogP contribution in [-0.2, 0) is 4.74 Å². The standard InChI is InChI=1S/C17H31N3O2/c1-7-22-15-8-17(21,16(15,5)6)11-18-13(4)14-9-19-20(10-14)12(2)3/h9-10,12-13,15,18,21H,7-8,11H2,1-6H3/t13-,15+,17-/m0/s1. The van der Waals surface area contributed by atoms with Crippen LogP contribution in [0.3, 0.4) is 0 Å². The van der Waals surface area contributed by atoms with E-state index in [4.69, 9.17) is 4.74 Å². The molecule has 1 aromatic rings. The Morgan fingerprint density at radius 2 is 2.14 bits per heavy atom. The lowest BCUT2D eigenvalue weighted by atomic mass is 9.56. The SMILES string of the molecule is CCO[C@@H]1C[C@](O)(CN[C@@H](C)c2cnn(C(C)C)c2)C1(C)C. The average molecular weight is 309 g/mol. The first-order valence-electron chi connectivity index (χ1n) is 8.32. The molecule has 2 rings (SSSR count). The lowest BCUT2D eigenvalue weighted by Gasteiger charge is -2.58. The molecule has 1 aliphatic carbocycles. The fourth-order valence-electron chi connectivity index (χ4n) is 3.06. The van der Waals surface area contributed by atoms with Gasteiger partial charge < -0.3 is 15.2 Å². The highest BCUT2D eigenvalue weighted by Gasteiger charge is 2.59. The molecule has 0 amide bonds. The van der Waals surface area contributed by atoms with Crippen LogP contribution in [0.25, 0.3) is 0 Å². The second-order valence-electron chi connectivity index (χ2n) is 7.35. The van der Waals surface area contributed by atoms with E-state index < -0.39 is 5.60 Å². The number of nitrogens with zero attached hydrogens (tertiary/aromatic N) is 2. The molecule has 0 aromatic carbocycles. The maximum atomic E-state index is 10.9. The van der Waals surface area contributed by atoms with Gasteiger partial charge in [-0.25, -0.2) is 0 Å². The summed E-state index contributed by atoms with van der Waals surface area (Å²) in [7, 11) is 0. The molecule has 0 spiro atoms. The smallest absolute Gasteiger partial charge is 0.0871 e. The lowest BCUT2D eigenvalue weighted by molar-refractivity contribution is -0.238. The number of nitrogens with one attached hydrogen (secondary N) is 1. The van der Waals surface area contributed by atoms with Crippen LogP contribution in [0.2, 0.25) is 0 Å². The van der Waals surface area contributed by atoms with E-state index >= 15 is 0 Å². The van der Waals surface area contributed by atoms with Gasteiger partial charge in [0.25, 0.3) is 0 Å². The van der Waals surface area contributed by atoms with E-state index in [1.165, 1.54) is 0 Å². The van der Waals surface area contributed by atoms with Gasteiger partial charge in [-0.1, -0.05) is 13.8 Å². The summed E-state index contributed by atoms with van der Waals surface area (Å²) in [6.45, 7) is 13.8. The zero-order valence-corrected chi connectivity index (χ0v) is 14.8. The van der Waals surface area contributed by atoms with E-state index in [0.29, 0.717) is 25.6 Å². The highest BCUT2D eigenvalue weighted by molar-refractivity contribution is 5.14. The largest absolute Gasteiger partial charge is 0.388 e. The first-order chi connectivity index (χ1) is 10.2. The van der Waals surface area contributed by atoms with Gasteiger partial charge in [0.2, 0.25) is 0 Å². The van der Waals surface area contributed by atoms with Gasteiger partial charge in [0.15, 0.2) is 0 Å². The maximum absolute atomic E-state index is 10.9. The van der Waals surface area contributed by atoms with Crippen LogP contribution in [0.4, 0.5) is 0 Å². The Labute approximate surface area is 134 Å². The van der Waals surface area contributed by atoms with Crippen LogP contribution in [0.15, 0.2) is 12.4 Å². The Bertz CT molecular complexity index is 498. The zero-order chi connectivity index (χ0) is 16.5. The van der Waals surface area contributed by atoms with E-state index in [-0.39, 0.29) is 17.6 Å². The van der Waals surface area contributed by atoms with Crippen LogP contribution >= 0.6 is 0 Å². The minimum Gasteiger partial charge on any atom is -0.388 e. The van der Waals surface area contributed by atoms with Gasteiger partial charge in [0.05, 0.1) is 17.9 Å². The van der Waals surface area contributed by atoms with Crippen molar-refractivity contribution in [3.8, 4) is 0 Å². The molecule has 1 heterocycles. The normalized spacial score (nSPS) is 28.6. The van der Waals surface area contributed by atoms with E-state index in [9.17, 15) is 5.11 Å². The molecule has 1 saturated carbocycles. The van der Waals surface area contributed by atoms with Crippen molar-refractivity contribution in [2.24, 2.45) is 5.41 Å².